The van der Waals surface area contributed by atoms with E-state index in [4.69, 9.17) is 4.55 Å². The second kappa shape index (κ2) is 5.84. The van der Waals surface area contributed by atoms with Gasteiger partial charge in [0.2, 0.25) is 0 Å². The molecular formula is C15H23NO3S. The summed E-state index contributed by atoms with van der Waals surface area (Å²) in [6, 6.07) is 5.99. The largest absolute Gasteiger partial charge is 0.319 e. The van der Waals surface area contributed by atoms with Crippen LogP contribution in [0.25, 0.3) is 0 Å². The van der Waals surface area contributed by atoms with Crippen LogP contribution in [-0.4, -0.2) is 26.6 Å². The first-order chi connectivity index (χ1) is 9.35. The van der Waals surface area contributed by atoms with Crippen molar-refractivity contribution >= 4 is 10.1 Å². The Morgan fingerprint density at radius 2 is 1.80 bits per heavy atom. The highest BCUT2D eigenvalue weighted by molar-refractivity contribution is 7.85. The molecule has 2 fully saturated rings. The number of hydrogen-bond donors (Lipinski definition) is 2. The molecule has 0 amide bonds. The fourth-order valence-electron chi connectivity index (χ4n) is 2.89. The molecule has 0 radical (unpaired) electrons. The Labute approximate surface area is 121 Å². The Morgan fingerprint density at radius 1 is 1.25 bits per heavy atom. The fourth-order valence-corrected chi connectivity index (χ4v) is 3.37. The topological polar surface area (TPSA) is 66.4 Å². The van der Waals surface area contributed by atoms with Crippen molar-refractivity contribution in [3.63, 3.8) is 0 Å². The zero-order valence-corrected chi connectivity index (χ0v) is 12.9. The molecule has 112 valence electrons. The van der Waals surface area contributed by atoms with Crippen LogP contribution in [0, 0.1) is 18.3 Å². The molecule has 2 saturated carbocycles. The highest BCUT2D eigenvalue weighted by Crippen LogP contribution is 2.62. The quantitative estimate of drug-likeness (QED) is 0.842. The number of aryl methyl sites for hydroxylation is 1. The molecule has 2 N–H and O–H groups in total. The molecule has 20 heavy (non-hydrogen) atoms. The van der Waals surface area contributed by atoms with Crippen LogP contribution in [0.15, 0.2) is 29.2 Å². The zero-order valence-electron chi connectivity index (χ0n) is 12.1. The van der Waals surface area contributed by atoms with E-state index in [-0.39, 0.29) is 4.90 Å². The van der Waals surface area contributed by atoms with Crippen LogP contribution in [0.3, 0.4) is 0 Å². The lowest BCUT2D eigenvalue weighted by Gasteiger charge is -2.35. The maximum atomic E-state index is 10.5. The highest BCUT2D eigenvalue weighted by atomic mass is 32.2. The molecule has 0 saturated heterocycles. The van der Waals surface area contributed by atoms with Crippen LogP contribution in [0.5, 0.6) is 0 Å². The minimum atomic E-state index is -4.02. The van der Waals surface area contributed by atoms with Gasteiger partial charge in [-0.3, -0.25) is 4.55 Å². The lowest BCUT2D eigenvalue weighted by Crippen LogP contribution is -2.32. The highest BCUT2D eigenvalue weighted by Gasteiger charge is 2.52. The predicted molar refractivity (Wildman–Crippen MR) is 79.3 cm³/mol. The Morgan fingerprint density at radius 3 is 2.20 bits per heavy atom. The third kappa shape index (κ3) is 4.04. The molecule has 0 bridgehead atoms. The molecule has 4 nitrogen and oxygen atoms in total. The van der Waals surface area contributed by atoms with Crippen LogP contribution >= 0.6 is 0 Å². The summed E-state index contributed by atoms with van der Waals surface area (Å²) < 4.78 is 29.6. The minimum Gasteiger partial charge on any atom is -0.319 e. The predicted octanol–water partition coefficient (Wildman–Crippen LogP) is 2.64. The van der Waals surface area contributed by atoms with E-state index in [1.54, 1.807) is 12.1 Å². The standard InChI is InChI=1S/C8H15N.C7H8O3S/c1-9-6-7-4-8(5-7)2-3-8;1-6-2-4-7(5-3-6)11(8,9)10/h7,9H,2-6H2,1H3;2-5H,1H3,(H,8,9,10). The molecule has 0 heterocycles. The van der Waals surface area contributed by atoms with Gasteiger partial charge in [0.05, 0.1) is 4.90 Å². The molecule has 0 aromatic heterocycles. The summed E-state index contributed by atoms with van der Waals surface area (Å²) in [6.07, 6.45) is 6.11. The number of hydrogen-bond acceptors (Lipinski definition) is 3. The average molecular weight is 297 g/mol. The van der Waals surface area contributed by atoms with Crippen LogP contribution in [0.4, 0.5) is 0 Å². The first-order valence-corrected chi connectivity index (χ1v) is 8.47. The van der Waals surface area contributed by atoms with E-state index < -0.39 is 10.1 Å². The maximum Gasteiger partial charge on any atom is 0.294 e. The van der Waals surface area contributed by atoms with Gasteiger partial charge in [0.15, 0.2) is 0 Å². The summed E-state index contributed by atoms with van der Waals surface area (Å²) in [6.45, 7) is 3.09. The Kier molecular flexibility index (Phi) is 4.52. The zero-order chi connectivity index (χ0) is 14.8. The molecule has 1 aromatic carbocycles. The van der Waals surface area contributed by atoms with E-state index in [0.29, 0.717) is 0 Å². The van der Waals surface area contributed by atoms with Crippen molar-refractivity contribution < 1.29 is 13.0 Å². The summed E-state index contributed by atoms with van der Waals surface area (Å²) in [5.74, 6) is 1.03. The smallest absolute Gasteiger partial charge is 0.294 e. The van der Waals surface area contributed by atoms with Gasteiger partial charge in [0.25, 0.3) is 10.1 Å². The third-order valence-electron chi connectivity index (χ3n) is 4.21. The summed E-state index contributed by atoms with van der Waals surface area (Å²) in [5.41, 5.74) is 1.86. The van der Waals surface area contributed by atoms with Gasteiger partial charge in [-0.2, -0.15) is 8.42 Å². The molecule has 0 unspecified atom stereocenters. The summed E-state index contributed by atoms with van der Waals surface area (Å²) in [7, 11) is -1.97. The molecule has 0 atom stereocenters. The van der Waals surface area contributed by atoms with E-state index in [0.717, 1.165) is 16.9 Å². The molecule has 1 aromatic rings. The number of benzene rings is 1. The molecular weight excluding hydrogens is 274 g/mol. The van der Waals surface area contributed by atoms with E-state index >= 15 is 0 Å². The Hall–Kier alpha value is -0.910. The van der Waals surface area contributed by atoms with Gasteiger partial charge in [0, 0.05) is 0 Å². The van der Waals surface area contributed by atoms with Gasteiger partial charge in [0.1, 0.15) is 0 Å². The Bertz CT molecular complexity index is 539. The molecule has 2 aliphatic rings. The van der Waals surface area contributed by atoms with Gasteiger partial charge < -0.3 is 5.32 Å². The third-order valence-corrected chi connectivity index (χ3v) is 5.08. The molecule has 5 heteroatoms. The maximum absolute atomic E-state index is 10.5. The monoisotopic (exact) mass is 297 g/mol. The van der Waals surface area contributed by atoms with Crippen LogP contribution in [0.2, 0.25) is 0 Å². The van der Waals surface area contributed by atoms with Crippen molar-refractivity contribution in [1.82, 2.24) is 5.32 Å². The van der Waals surface area contributed by atoms with Crippen LogP contribution in [-0.2, 0) is 10.1 Å². The van der Waals surface area contributed by atoms with Crippen molar-refractivity contribution in [2.75, 3.05) is 13.6 Å². The van der Waals surface area contributed by atoms with Gasteiger partial charge in [-0.15, -0.1) is 0 Å². The SMILES string of the molecule is CNCC1CC2(CC2)C1.Cc1ccc(S(=O)(=O)O)cc1. The molecule has 1 spiro atoms. The van der Waals surface area contributed by atoms with E-state index in [2.05, 4.69) is 12.4 Å². The first kappa shape index (κ1) is 15.5. The summed E-state index contributed by atoms with van der Waals surface area (Å²) >= 11 is 0. The van der Waals surface area contributed by atoms with Crippen molar-refractivity contribution in [2.45, 2.75) is 37.5 Å². The van der Waals surface area contributed by atoms with Crippen molar-refractivity contribution in [3.8, 4) is 0 Å². The minimum absolute atomic E-state index is 0.0666. The van der Waals surface area contributed by atoms with Crippen LogP contribution in [0.1, 0.15) is 31.2 Å². The summed E-state index contributed by atoms with van der Waals surface area (Å²) in [5, 5.41) is 3.24. The van der Waals surface area contributed by atoms with Gasteiger partial charge in [-0.25, -0.2) is 0 Å². The second-order valence-corrected chi connectivity index (χ2v) is 7.54. The molecule has 0 aliphatic heterocycles. The summed E-state index contributed by atoms with van der Waals surface area (Å²) in [4.78, 5) is -0.0666. The molecule has 2 aliphatic carbocycles. The first-order valence-electron chi connectivity index (χ1n) is 7.03. The second-order valence-electron chi connectivity index (χ2n) is 6.12. The fraction of sp³-hybridized carbons (Fsp3) is 0.600. The average Bonchev–Trinajstić information content (AvgIpc) is 3.09. The lowest BCUT2D eigenvalue weighted by molar-refractivity contribution is 0.168. The van der Waals surface area contributed by atoms with E-state index in [1.807, 2.05) is 6.92 Å². The van der Waals surface area contributed by atoms with Gasteiger partial charge >= 0.3 is 0 Å². The van der Waals surface area contributed by atoms with Crippen molar-refractivity contribution in [1.29, 1.82) is 0 Å². The Balaban J connectivity index is 0.000000149. The normalized spacial score (nSPS) is 19.9. The molecule has 3 rings (SSSR count). The van der Waals surface area contributed by atoms with E-state index in [9.17, 15) is 8.42 Å². The van der Waals surface area contributed by atoms with Gasteiger partial charge in [-0.1, -0.05) is 17.7 Å². The van der Waals surface area contributed by atoms with Crippen molar-refractivity contribution in [3.05, 3.63) is 29.8 Å². The lowest BCUT2D eigenvalue weighted by atomic mass is 9.72. The van der Waals surface area contributed by atoms with Crippen molar-refractivity contribution in [2.24, 2.45) is 11.3 Å². The number of rotatable bonds is 3. The van der Waals surface area contributed by atoms with E-state index in [1.165, 1.54) is 44.4 Å². The van der Waals surface area contributed by atoms with Gasteiger partial charge in [-0.05, 0) is 69.7 Å². The number of nitrogens with one attached hydrogen (secondary N) is 1. The van der Waals surface area contributed by atoms with Crippen LogP contribution < -0.4 is 5.32 Å².